The van der Waals surface area contributed by atoms with Crippen LogP contribution in [0.2, 0.25) is 0 Å². The summed E-state index contributed by atoms with van der Waals surface area (Å²) in [5, 5.41) is 17.5. The predicted octanol–water partition coefficient (Wildman–Crippen LogP) is 3.30. The second-order valence-electron chi connectivity index (χ2n) is 6.95. The lowest BCUT2D eigenvalue weighted by molar-refractivity contribution is -0.114. The molecule has 0 aliphatic carbocycles. The van der Waals surface area contributed by atoms with Crippen LogP contribution in [0.4, 0.5) is 10.7 Å². The number of rotatable bonds is 9. The largest absolute Gasteiger partial charge is 0.489 e. The third-order valence-electron chi connectivity index (χ3n) is 4.22. The Hall–Kier alpha value is -3.58. The molecule has 0 bridgehead atoms. The first-order valence-corrected chi connectivity index (χ1v) is 10.8. The fourth-order valence-corrected chi connectivity index (χ4v) is 3.98. The summed E-state index contributed by atoms with van der Waals surface area (Å²) in [5.41, 5.74) is 1.49. The average Bonchev–Trinajstić information content (AvgIpc) is 3.07. The number of hydrogen-bond donors (Lipinski definition) is 3. The maximum atomic E-state index is 12.6. The van der Waals surface area contributed by atoms with Gasteiger partial charge in [-0.2, -0.15) is 5.26 Å². The van der Waals surface area contributed by atoms with Gasteiger partial charge in [0.15, 0.2) is 0 Å². The zero-order valence-electron chi connectivity index (χ0n) is 18.6. The molecule has 2 rings (SSSR count). The Morgan fingerprint density at radius 2 is 1.97 bits per heavy atom. The maximum Gasteiger partial charge on any atom is 0.341 e. The van der Waals surface area contributed by atoms with Crippen molar-refractivity contribution in [2.75, 3.05) is 30.8 Å². The van der Waals surface area contributed by atoms with E-state index in [2.05, 4.69) is 16.0 Å². The first-order chi connectivity index (χ1) is 15.2. The molecule has 0 unspecified atom stereocenters. The second-order valence-corrected chi connectivity index (χ2v) is 7.97. The Balaban J connectivity index is 2.24. The summed E-state index contributed by atoms with van der Waals surface area (Å²) in [7, 11) is 1.49. The molecule has 0 aliphatic rings. The number of nitrogens with zero attached hydrogens (tertiary/aromatic N) is 1. The van der Waals surface area contributed by atoms with Gasteiger partial charge in [-0.05, 0) is 51.5 Å². The van der Waals surface area contributed by atoms with Gasteiger partial charge in [0.2, 0.25) is 5.91 Å². The molecule has 1 aromatic carbocycles. The minimum atomic E-state index is -0.617. The Kier molecular flexibility index (Phi) is 8.61. The van der Waals surface area contributed by atoms with Crippen LogP contribution in [0, 0.1) is 18.3 Å². The Labute approximate surface area is 190 Å². The highest BCUT2D eigenvalue weighted by atomic mass is 32.1. The van der Waals surface area contributed by atoms with Gasteiger partial charge in [-0.15, -0.1) is 11.3 Å². The van der Waals surface area contributed by atoms with Crippen molar-refractivity contribution in [2.24, 2.45) is 0 Å². The van der Waals surface area contributed by atoms with Gasteiger partial charge in [-0.25, -0.2) is 4.79 Å². The zero-order valence-corrected chi connectivity index (χ0v) is 19.4. The predicted molar refractivity (Wildman–Crippen MR) is 122 cm³/mol. The van der Waals surface area contributed by atoms with E-state index >= 15 is 0 Å². The number of benzene rings is 1. The third-order valence-corrected chi connectivity index (χ3v) is 5.43. The van der Waals surface area contributed by atoms with Gasteiger partial charge in [-0.3, -0.25) is 9.59 Å². The van der Waals surface area contributed by atoms with E-state index in [9.17, 15) is 14.4 Å². The average molecular weight is 459 g/mol. The normalized spacial score (nSPS) is 10.3. The number of nitriles is 1. The van der Waals surface area contributed by atoms with Crippen LogP contribution >= 0.6 is 11.3 Å². The first kappa shape index (κ1) is 24.7. The van der Waals surface area contributed by atoms with Crippen molar-refractivity contribution in [3.05, 3.63) is 39.8 Å². The summed E-state index contributed by atoms with van der Waals surface area (Å²) in [6.07, 6.45) is -0.0957. The Morgan fingerprint density at radius 1 is 1.25 bits per heavy atom. The number of hydrogen-bond acceptors (Lipinski definition) is 8. The van der Waals surface area contributed by atoms with E-state index in [-0.39, 0.29) is 35.7 Å². The van der Waals surface area contributed by atoms with Gasteiger partial charge in [0.25, 0.3) is 5.91 Å². The van der Waals surface area contributed by atoms with Gasteiger partial charge >= 0.3 is 5.97 Å². The van der Waals surface area contributed by atoms with E-state index in [0.29, 0.717) is 27.4 Å². The SMILES string of the molecule is CCOC(=O)c1c(NC(=O)CNc2cc(C#N)ccc2OC(C)C)sc(C(=O)NC)c1C. The maximum absolute atomic E-state index is 12.6. The molecule has 0 aliphatic heterocycles. The van der Waals surface area contributed by atoms with Crippen molar-refractivity contribution in [1.82, 2.24) is 5.32 Å². The number of amides is 2. The van der Waals surface area contributed by atoms with Crippen molar-refractivity contribution < 1.29 is 23.9 Å². The molecule has 0 saturated heterocycles. The van der Waals surface area contributed by atoms with Crippen LogP contribution in [0.1, 0.15) is 51.9 Å². The quantitative estimate of drug-likeness (QED) is 0.492. The van der Waals surface area contributed by atoms with Gasteiger partial charge in [-0.1, -0.05) is 0 Å². The summed E-state index contributed by atoms with van der Waals surface area (Å²) in [4.78, 5) is 37.5. The van der Waals surface area contributed by atoms with Gasteiger partial charge in [0.1, 0.15) is 10.8 Å². The van der Waals surface area contributed by atoms with Crippen molar-refractivity contribution in [2.45, 2.75) is 33.8 Å². The highest BCUT2D eigenvalue weighted by Gasteiger charge is 2.26. The number of carbonyl (C=O) groups is 3. The van der Waals surface area contributed by atoms with Crippen LogP contribution in [-0.2, 0) is 9.53 Å². The molecule has 0 saturated carbocycles. The number of ether oxygens (including phenoxy) is 2. The van der Waals surface area contributed by atoms with Crippen LogP contribution in [0.3, 0.4) is 0 Å². The molecule has 170 valence electrons. The first-order valence-electron chi connectivity index (χ1n) is 9.98. The van der Waals surface area contributed by atoms with E-state index in [1.807, 2.05) is 19.9 Å². The lowest BCUT2D eigenvalue weighted by Crippen LogP contribution is -2.23. The summed E-state index contributed by atoms with van der Waals surface area (Å²) in [6, 6.07) is 6.93. The van der Waals surface area contributed by atoms with Gasteiger partial charge < -0.3 is 25.4 Å². The summed E-state index contributed by atoms with van der Waals surface area (Å²) >= 11 is 1.00. The molecule has 0 radical (unpaired) electrons. The second kappa shape index (κ2) is 11.2. The van der Waals surface area contributed by atoms with Crippen LogP contribution in [0.25, 0.3) is 0 Å². The number of anilines is 2. The van der Waals surface area contributed by atoms with Gasteiger partial charge in [0, 0.05) is 7.05 Å². The monoisotopic (exact) mass is 458 g/mol. The lowest BCUT2D eigenvalue weighted by Gasteiger charge is -2.16. The van der Waals surface area contributed by atoms with Crippen molar-refractivity contribution in [3.63, 3.8) is 0 Å². The van der Waals surface area contributed by atoms with Crippen molar-refractivity contribution >= 4 is 39.8 Å². The minimum absolute atomic E-state index is 0.0957. The fourth-order valence-electron chi connectivity index (χ4n) is 2.82. The van der Waals surface area contributed by atoms with Crippen LogP contribution in [0.5, 0.6) is 5.75 Å². The van der Waals surface area contributed by atoms with E-state index in [1.54, 1.807) is 32.0 Å². The highest BCUT2D eigenvalue weighted by molar-refractivity contribution is 7.18. The van der Waals surface area contributed by atoms with E-state index in [1.165, 1.54) is 7.05 Å². The molecule has 3 N–H and O–H groups in total. The number of carbonyl (C=O) groups excluding carboxylic acids is 3. The zero-order chi connectivity index (χ0) is 23.8. The summed E-state index contributed by atoms with van der Waals surface area (Å²) in [5.74, 6) is -0.916. The van der Waals surface area contributed by atoms with Crippen molar-refractivity contribution in [1.29, 1.82) is 5.26 Å². The standard InChI is InChI=1S/C22H26N4O5S/c1-6-30-22(29)18-13(4)19(20(28)24-5)32-21(18)26-17(27)11-25-15-9-14(10-23)7-8-16(15)31-12(2)3/h7-9,12,25H,6,11H2,1-5H3,(H,24,28)(H,26,27). The fraction of sp³-hybridized carbons (Fsp3) is 0.364. The molecule has 0 spiro atoms. The molecule has 10 heteroatoms. The lowest BCUT2D eigenvalue weighted by atomic mass is 10.1. The van der Waals surface area contributed by atoms with Crippen LogP contribution in [0.15, 0.2) is 18.2 Å². The number of nitrogens with one attached hydrogen (secondary N) is 3. The van der Waals surface area contributed by atoms with E-state index in [0.717, 1.165) is 11.3 Å². The molecular weight excluding hydrogens is 432 g/mol. The number of thiophene rings is 1. The molecule has 2 amide bonds. The number of esters is 1. The molecule has 0 atom stereocenters. The Bertz CT molecular complexity index is 1060. The summed E-state index contributed by atoms with van der Waals surface area (Å²) in [6.45, 7) is 7.05. The highest BCUT2D eigenvalue weighted by Crippen LogP contribution is 2.34. The van der Waals surface area contributed by atoms with E-state index < -0.39 is 11.9 Å². The topological polar surface area (TPSA) is 130 Å². The van der Waals surface area contributed by atoms with E-state index in [4.69, 9.17) is 14.7 Å². The molecule has 9 nitrogen and oxygen atoms in total. The summed E-state index contributed by atoms with van der Waals surface area (Å²) < 4.78 is 10.8. The molecular formula is C22H26N4O5S. The van der Waals surface area contributed by atoms with Crippen LogP contribution < -0.4 is 20.7 Å². The smallest absolute Gasteiger partial charge is 0.341 e. The molecule has 32 heavy (non-hydrogen) atoms. The molecule has 1 aromatic heterocycles. The van der Waals surface area contributed by atoms with Crippen LogP contribution in [-0.4, -0.2) is 44.1 Å². The van der Waals surface area contributed by atoms with Crippen molar-refractivity contribution in [3.8, 4) is 11.8 Å². The minimum Gasteiger partial charge on any atom is -0.489 e. The Morgan fingerprint density at radius 3 is 2.56 bits per heavy atom. The van der Waals surface area contributed by atoms with Gasteiger partial charge in [0.05, 0.1) is 47.0 Å². The molecule has 1 heterocycles. The molecule has 0 fully saturated rings. The third kappa shape index (κ3) is 5.98. The molecule has 2 aromatic rings.